The van der Waals surface area contributed by atoms with Crippen molar-refractivity contribution in [3.8, 4) is 0 Å². The first kappa shape index (κ1) is 17.0. The van der Waals surface area contributed by atoms with Crippen LogP contribution in [0.15, 0.2) is 24.4 Å². The van der Waals surface area contributed by atoms with Crippen molar-refractivity contribution in [1.29, 1.82) is 0 Å². The molecule has 27 heavy (non-hydrogen) atoms. The smallest absolute Gasteiger partial charge is 0.150 e. The molecule has 6 rings (SSSR count). The molecule has 5 heterocycles. The number of aryl methyl sites for hydroxylation is 2. The molecule has 3 atom stereocenters. The minimum Gasteiger partial charge on any atom is -0.350 e. The van der Waals surface area contributed by atoms with Crippen LogP contribution >= 0.6 is 0 Å². The minimum atomic E-state index is -0.498. The summed E-state index contributed by atoms with van der Waals surface area (Å²) in [5, 5.41) is 0. The van der Waals surface area contributed by atoms with Crippen LogP contribution in [0.3, 0.4) is 0 Å². The highest BCUT2D eigenvalue weighted by Crippen LogP contribution is 2.48. The van der Waals surface area contributed by atoms with Gasteiger partial charge >= 0.3 is 0 Å². The van der Waals surface area contributed by atoms with Crippen molar-refractivity contribution in [2.75, 3.05) is 24.5 Å². The van der Waals surface area contributed by atoms with Gasteiger partial charge in [-0.3, -0.25) is 9.88 Å². The van der Waals surface area contributed by atoms with Gasteiger partial charge in [-0.1, -0.05) is 0 Å². The average molecular weight is 370 g/mol. The van der Waals surface area contributed by atoms with Crippen LogP contribution < -0.4 is 4.90 Å². The largest absolute Gasteiger partial charge is 0.350 e. The molecule has 4 fully saturated rings. The summed E-state index contributed by atoms with van der Waals surface area (Å²) in [5.41, 5.74) is 2.58. The van der Waals surface area contributed by atoms with Gasteiger partial charge in [0.2, 0.25) is 0 Å². The molecule has 4 aliphatic rings. The zero-order valence-electron chi connectivity index (χ0n) is 15.7. The number of aromatic nitrogens is 2. The predicted molar refractivity (Wildman–Crippen MR) is 99.8 cm³/mol. The van der Waals surface area contributed by atoms with Gasteiger partial charge in [0.1, 0.15) is 11.6 Å². The molecule has 1 aromatic heterocycles. The Balaban J connectivity index is 1.60. The van der Waals surface area contributed by atoms with Crippen LogP contribution in [0, 0.1) is 31.4 Å². The Morgan fingerprint density at radius 3 is 2.41 bits per heavy atom. The highest BCUT2D eigenvalue weighted by molar-refractivity contribution is 5.50. The molecule has 4 aliphatic heterocycles. The van der Waals surface area contributed by atoms with Crippen LogP contribution in [0.25, 0.3) is 0 Å². The second-order valence-electron chi connectivity index (χ2n) is 8.24. The molecule has 142 valence electrons. The molecule has 0 spiro atoms. The Bertz CT molecular complexity index is 858. The van der Waals surface area contributed by atoms with Gasteiger partial charge in [-0.25, -0.2) is 13.8 Å². The van der Waals surface area contributed by atoms with Gasteiger partial charge in [-0.2, -0.15) is 0 Å². The maximum Gasteiger partial charge on any atom is 0.150 e. The summed E-state index contributed by atoms with van der Waals surface area (Å²) in [4.78, 5) is 14.2. The van der Waals surface area contributed by atoms with Crippen molar-refractivity contribution in [3.05, 3.63) is 53.0 Å². The molecular formula is C21H24F2N4. The average Bonchev–Trinajstić information content (AvgIpc) is 3.06. The predicted octanol–water partition coefficient (Wildman–Crippen LogP) is 3.44. The fraction of sp³-hybridized carbons (Fsp3) is 0.524. The van der Waals surface area contributed by atoms with Crippen molar-refractivity contribution in [2.24, 2.45) is 5.92 Å². The monoisotopic (exact) mass is 370 g/mol. The third-order valence-electron chi connectivity index (χ3n) is 6.63. The first-order valence-corrected chi connectivity index (χ1v) is 9.78. The number of nitrogens with zero attached hydrogens (tertiary/aromatic N) is 4. The molecule has 6 heteroatoms. The van der Waals surface area contributed by atoms with Gasteiger partial charge in [0.25, 0.3) is 0 Å². The maximum absolute atomic E-state index is 13.9. The van der Waals surface area contributed by atoms with E-state index in [0.29, 0.717) is 12.0 Å². The zero-order chi connectivity index (χ0) is 18.7. The Morgan fingerprint density at radius 2 is 1.70 bits per heavy atom. The highest BCUT2D eigenvalue weighted by Gasteiger charge is 2.54. The van der Waals surface area contributed by atoms with Gasteiger partial charge in [0.15, 0.2) is 5.82 Å². The summed E-state index contributed by atoms with van der Waals surface area (Å²) >= 11 is 0. The quantitative estimate of drug-likeness (QED) is 0.811. The lowest BCUT2D eigenvalue weighted by atomic mass is 9.75. The van der Waals surface area contributed by atoms with Crippen molar-refractivity contribution >= 4 is 5.82 Å². The van der Waals surface area contributed by atoms with Gasteiger partial charge in [-0.15, -0.1) is 0 Å². The number of benzene rings is 1. The van der Waals surface area contributed by atoms with Gasteiger partial charge < -0.3 is 4.90 Å². The molecule has 0 amide bonds. The van der Waals surface area contributed by atoms with Crippen molar-refractivity contribution in [3.63, 3.8) is 0 Å². The summed E-state index contributed by atoms with van der Waals surface area (Å²) in [6.45, 7) is 6.83. The Kier molecular flexibility index (Phi) is 3.93. The number of rotatable bonds is 2. The SMILES string of the molecule is Cc1cnc(C)c(N2C[C@H](c3cc(F)cc(F)c3)[C@@H]3[C@H]2C2CCN3CC2)n1. The number of anilines is 1. The van der Waals surface area contributed by atoms with E-state index >= 15 is 0 Å². The molecule has 4 saturated heterocycles. The Labute approximate surface area is 158 Å². The van der Waals surface area contributed by atoms with E-state index in [1.807, 2.05) is 13.8 Å². The van der Waals surface area contributed by atoms with Crippen LogP contribution in [0.1, 0.15) is 35.7 Å². The molecule has 4 nitrogen and oxygen atoms in total. The highest BCUT2D eigenvalue weighted by atomic mass is 19.1. The third kappa shape index (κ3) is 2.73. The van der Waals surface area contributed by atoms with Crippen molar-refractivity contribution < 1.29 is 8.78 Å². The fourth-order valence-corrected chi connectivity index (χ4v) is 5.54. The van der Waals surface area contributed by atoms with Gasteiger partial charge in [0.05, 0.1) is 11.4 Å². The molecule has 0 aliphatic carbocycles. The van der Waals surface area contributed by atoms with Crippen molar-refractivity contribution in [2.45, 2.75) is 44.7 Å². The summed E-state index contributed by atoms with van der Waals surface area (Å²) < 4.78 is 27.9. The number of hydrogen-bond donors (Lipinski definition) is 0. The number of piperidine rings is 3. The second kappa shape index (κ2) is 6.23. The summed E-state index contributed by atoms with van der Waals surface area (Å²) in [5.74, 6) is 0.609. The number of fused-ring (bicyclic) bond motifs is 2. The fourth-order valence-electron chi connectivity index (χ4n) is 5.54. The lowest BCUT2D eigenvalue weighted by molar-refractivity contribution is 0.0353. The van der Waals surface area contributed by atoms with Crippen LogP contribution in [-0.2, 0) is 0 Å². The normalized spacial score (nSPS) is 32.0. The molecule has 0 unspecified atom stereocenters. The molecular weight excluding hydrogens is 346 g/mol. The van der Waals surface area contributed by atoms with Gasteiger partial charge in [0, 0.05) is 36.8 Å². The molecule has 1 aromatic carbocycles. The van der Waals surface area contributed by atoms with E-state index < -0.39 is 11.6 Å². The second-order valence-corrected chi connectivity index (χ2v) is 8.24. The summed E-state index contributed by atoms with van der Waals surface area (Å²) in [7, 11) is 0. The molecule has 0 saturated carbocycles. The number of halogens is 2. The van der Waals surface area contributed by atoms with E-state index in [9.17, 15) is 8.78 Å². The van der Waals surface area contributed by atoms with E-state index in [1.165, 1.54) is 25.0 Å². The van der Waals surface area contributed by atoms with Crippen molar-refractivity contribution in [1.82, 2.24) is 14.9 Å². The first-order chi connectivity index (χ1) is 13.0. The van der Waals surface area contributed by atoms with E-state index in [0.717, 1.165) is 48.5 Å². The molecule has 2 aromatic rings. The Morgan fingerprint density at radius 1 is 1.00 bits per heavy atom. The molecule has 0 radical (unpaired) electrons. The third-order valence-corrected chi connectivity index (χ3v) is 6.63. The van der Waals surface area contributed by atoms with Crippen LogP contribution in [0.4, 0.5) is 14.6 Å². The van der Waals surface area contributed by atoms with Crippen LogP contribution in [0.5, 0.6) is 0 Å². The van der Waals surface area contributed by atoms with E-state index in [-0.39, 0.29) is 12.0 Å². The number of hydrogen-bond acceptors (Lipinski definition) is 4. The zero-order valence-corrected chi connectivity index (χ0v) is 15.7. The standard InChI is InChI=1S/C21H24F2N4/c1-12-10-24-13(2)21(25-12)27-11-18(15-7-16(22)9-17(23)8-15)20-19(27)14-3-5-26(20)6-4-14/h7-10,14,18-20H,3-6,11H2,1-2H3/t18-,19-,20-/m1/s1. The lowest BCUT2D eigenvalue weighted by Gasteiger charge is -2.51. The topological polar surface area (TPSA) is 32.3 Å². The first-order valence-electron chi connectivity index (χ1n) is 9.78. The Hall–Kier alpha value is -2.08. The van der Waals surface area contributed by atoms with E-state index in [1.54, 1.807) is 6.20 Å². The van der Waals surface area contributed by atoms with E-state index in [2.05, 4.69) is 14.8 Å². The van der Waals surface area contributed by atoms with Crippen LogP contribution in [0.2, 0.25) is 0 Å². The molecule has 0 N–H and O–H groups in total. The summed E-state index contributed by atoms with van der Waals surface area (Å²) in [6, 6.07) is 4.58. The van der Waals surface area contributed by atoms with Crippen LogP contribution in [-0.4, -0.2) is 46.6 Å². The lowest BCUT2D eigenvalue weighted by Crippen LogP contribution is -2.60. The molecule has 2 bridgehead atoms. The maximum atomic E-state index is 13.9. The van der Waals surface area contributed by atoms with Gasteiger partial charge in [-0.05, 0) is 63.4 Å². The minimum absolute atomic E-state index is 0.0741. The summed E-state index contributed by atoms with van der Waals surface area (Å²) in [6.07, 6.45) is 4.16. The van der Waals surface area contributed by atoms with E-state index in [4.69, 9.17) is 4.98 Å².